The van der Waals surface area contributed by atoms with Crippen LogP contribution in [0, 0.1) is 5.82 Å². The van der Waals surface area contributed by atoms with Gasteiger partial charge in [-0.1, -0.05) is 18.2 Å². The van der Waals surface area contributed by atoms with Crippen LogP contribution in [0.2, 0.25) is 0 Å². The van der Waals surface area contributed by atoms with Gasteiger partial charge in [0.25, 0.3) is 0 Å². The molecule has 0 unspecified atom stereocenters. The van der Waals surface area contributed by atoms with Crippen LogP contribution in [0.5, 0.6) is 0 Å². The van der Waals surface area contributed by atoms with Gasteiger partial charge in [0.15, 0.2) is 0 Å². The van der Waals surface area contributed by atoms with Gasteiger partial charge in [0.2, 0.25) is 0 Å². The lowest BCUT2D eigenvalue weighted by molar-refractivity contribution is -0.137. The number of amides is 1. The zero-order chi connectivity index (χ0) is 20.7. The molecule has 28 heavy (non-hydrogen) atoms. The van der Waals surface area contributed by atoms with Gasteiger partial charge in [0, 0.05) is 10.3 Å². The van der Waals surface area contributed by atoms with Gasteiger partial charge < -0.3 is 4.74 Å². The standard InChI is InChI=1S/C20H17F4NO2S/c1-19(2,3)27-18(26)25-17-9-12-5-4-11(8-16(12)28-17)14-7-6-13(10-15(14)21)20(22,23)24/h4-10H,1-3H3,(H,25,26). The maximum atomic E-state index is 14.2. The highest BCUT2D eigenvalue weighted by Crippen LogP contribution is 2.36. The van der Waals surface area contributed by atoms with Crippen molar-refractivity contribution in [2.45, 2.75) is 32.5 Å². The highest BCUT2D eigenvalue weighted by atomic mass is 32.1. The van der Waals surface area contributed by atoms with Crippen LogP contribution in [-0.2, 0) is 10.9 Å². The van der Waals surface area contributed by atoms with Crippen LogP contribution in [0.3, 0.4) is 0 Å². The summed E-state index contributed by atoms with van der Waals surface area (Å²) in [5, 5.41) is 4.00. The first-order valence-electron chi connectivity index (χ1n) is 8.33. The van der Waals surface area contributed by atoms with Crippen molar-refractivity contribution in [3.63, 3.8) is 0 Å². The molecule has 0 saturated carbocycles. The van der Waals surface area contributed by atoms with Crippen LogP contribution in [0.15, 0.2) is 42.5 Å². The molecule has 1 aromatic heterocycles. The van der Waals surface area contributed by atoms with Crippen LogP contribution < -0.4 is 5.32 Å². The maximum absolute atomic E-state index is 14.2. The fourth-order valence-corrected chi connectivity index (χ4v) is 3.58. The average molecular weight is 411 g/mol. The predicted octanol–water partition coefficient (Wildman–Crippen LogP) is 7.07. The molecule has 3 aromatic rings. The molecular weight excluding hydrogens is 394 g/mol. The van der Waals surface area contributed by atoms with E-state index in [2.05, 4.69) is 5.32 Å². The van der Waals surface area contributed by atoms with Crippen molar-refractivity contribution in [1.29, 1.82) is 0 Å². The van der Waals surface area contributed by atoms with Gasteiger partial charge in [-0.3, -0.25) is 5.32 Å². The van der Waals surface area contributed by atoms with Crippen LogP contribution in [0.4, 0.5) is 27.4 Å². The largest absolute Gasteiger partial charge is 0.444 e. The number of alkyl halides is 3. The number of thiophene rings is 1. The minimum absolute atomic E-state index is 0.0740. The van der Waals surface area contributed by atoms with E-state index in [4.69, 9.17) is 4.74 Å². The molecule has 1 heterocycles. The third-order valence-electron chi connectivity index (χ3n) is 3.75. The Morgan fingerprint density at radius 2 is 1.75 bits per heavy atom. The second-order valence-electron chi connectivity index (χ2n) is 7.18. The number of carbonyl (C=O) groups excluding carboxylic acids is 1. The lowest BCUT2D eigenvalue weighted by Crippen LogP contribution is -2.26. The Balaban J connectivity index is 1.88. The molecule has 0 radical (unpaired) electrons. The van der Waals surface area contributed by atoms with Crippen molar-refractivity contribution in [2.75, 3.05) is 5.32 Å². The summed E-state index contributed by atoms with van der Waals surface area (Å²) >= 11 is 1.26. The Bertz CT molecular complexity index is 1030. The van der Waals surface area contributed by atoms with E-state index < -0.39 is 29.3 Å². The maximum Gasteiger partial charge on any atom is 0.416 e. The van der Waals surface area contributed by atoms with Crippen molar-refractivity contribution >= 4 is 32.5 Å². The Morgan fingerprint density at radius 1 is 1.04 bits per heavy atom. The molecule has 2 aromatic carbocycles. The summed E-state index contributed by atoms with van der Waals surface area (Å²) in [6.07, 6.45) is -5.19. The molecule has 0 aliphatic carbocycles. The molecule has 3 rings (SSSR count). The van der Waals surface area contributed by atoms with E-state index in [1.54, 1.807) is 45.0 Å². The molecular formula is C20H17F4NO2S. The van der Waals surface area contributed by atoms with Gasteiger partial charge in [0.05, 0.1) is 10.6 Å². The average Bonchev–Trinajstić information content (AvgIpc) is 2.93. The molecule has 0 saturated heterocycles. The monoisotopic (exact) mass is 411 g/mol. The van der Waals surface area contributed by atoms with Gasteiger partial charge in [-0.15, -0.1) is 11.3 Å². The van der Waals surface area contributed by atoms with E-state index in [0.717, 1.165) is 22.2 Å². The molecule has 8 heteroatoms. The van der Waals surface area contributed by atoms with Crippen molar-refractivity contribution < 1.29 is 27.1 Å². The van der Waals surface area contributed by atoms with Crippen LogP contribution in [0.1, 0.15) is 26.3 Å². The van der Waals surface area contributed by atoms with Gasteiger partial charge in [-0.05, 0) is 56.0 Å². The number of hydrogen-bond donors (Lipinski definition) is 1. The van der Waals surface area contributed by atoms with Gasteiger partial charge >= 0.3 is 12.3 Å². The molecule has 0 bridgehead atoms. The molecule has 1 N–H and O–H groups in total. The molecule has 0 aliphatic rings. The Morgan fingerprint density at radius 3 is 2.36 bits per heavy atom. The van der Waals surface area contributed by atoms with E-state index in [1.165, 1.54) is 11.3 Å². The smallest absolute Gasteiger partial charge is 0.416 e. The number of hydrogen-bond acceptors (Lipinski definition) is 3. The molecule has 0 aliphatic heterocycles. The van der Waals surface area contributed by atoms with E-state index >= 15 is 0 Å². The van der Waals surface area contributed by atoms with Gasteiger partial charge in [0.1, 0.15) is 11.4 Å². The Hall–Kier alpha value is -2.61. The third kappa shape index (κ3) is 4.62. The number of nitrogens with one attached hydrogen (secondary N) is 1. The zero-order valence-corrected chi connectivity index (χ0v) is 16.1. The SMILES string of the molecule is CC(C)(C)OC(=O)Nc1cc2ccc(-c3ccc(C(F)(F)F)cc3F)cc2s1. The number of ether oxygens (including phenoxy) is 1. The number of anilines is 1. The molecule has 0 spiro atoms. The fourth-order valence-electron chi connectivity index (χ4n) is 2.59. The van der Waals surface area contributed by atoms with Crippen molar-refractivity contribution in [2.24, 2.45) is 0 Å². The summed E-state index contributed by atoms with van der Waals surface area (Å²) in [6, 6.07) is 9.22. The molecule has 3 nitrogen and oxygen atoms in total. The first-order chi connectivity index (χ1) is 12.9. The summed E-state index contributed by atoms with van der Waals surface area (Å²) in [5.74, 6) is -0.946. The van der Waals surface area contributed by atoms with E-state index in [1.807, 2.05) is 0 Å². The van der Waals surface area contributed by atoms with Crippen LogP contribution in [0.25, 0.3) is 21.2 Å². The molecule has 1 amide bonds. The fraction of sp³-hybridized carbons (Fsp3) is 0.250. The lowest BCUT2D eigenvalue weighted by Gasteiger charge is -2.19. The topological polar surface area (TPSA) is 38.3 Å². The highest BCUT2D eigenvalue weighted by Gasteiger charge is 2.31. The van der Waals surface area contributed by atoms with Gasteiger partial charge in [-0.25, -0.2) is 9.18 Å². The second kappa shape index (κ2) is 7.09. The number of halogens is 4. The third-order valence-corrected chi connectivity index (χ3v) is 4.76. The zero-order valence-electron chi connectivity index (χ0n) is 15.3. The minimum Gasteiger partial charge on any atom is -0.444 e. The first-order valence-corrected chi connectivity index (χ1v) is 9.15. The van der Waals surface area contributed by atoms with E-state index in [0.29, 0.717) is 16.6 Å². The van der Waals surface area contributed by atoms with E-state index in [9.17, 15) is 22.4 Å². The molecule has 148 valence electrons. The minimum atomic E-state index is -4.60. The molecule has 0 atom stereocenters. The van der Waals surface area contributed by atoms with Crippen molar-refractivity contribution in [3.8, 4) is 11.1 Å². The summed E-state index contributed by atoms with van der Waals surface area (Å²) < 4.78 is 58.3. The van der Waals surface area contributed by atoms with Crippen molar-refractivity contribution in [1.82, 2.24) is 0 Å². The normalized spacial score (nSPS) is 12.2. The highest BCUT2D eigenvalue weighted by molar-refractivity contribution is 7.23. The number of benzene rings is 2. The summed E-state index contributed by atoms with van der Waals surface area (Å²) in [6.45, 7) is 5.26. The number of carbonyl (C=O) groups is 1. The quantitative estimate of drug-likeness (QED) is 0.458. The van der Waals surface area contributed by atoms with Crippen LogP contribution in [-0.4, -0.2) is 11.7 Å². The first kappa shape index (κ1) is 20.1. The Labute approximate surface area is 162 Å². The number of fused-ring (bicyclic) bond motifs is 1. The summed E-state index contributed by atoms with van der Waals surface area (Å²) in [5.41, 5.74) is -1.14. The summed E-state index contributed by atoms with van der Waals surface area (Å²) in [4.78, 5) is 11.9. The Kier molecular flexibility index (Phi) is 5.10. The molecule has 0 fully saturated rings. The van der Waals surface area contributed by atoms with Crippen molar-refractivity contribution in [3.05, 3.63) is 53.8 Å². The van der Waals surface area contributed by atoms with Gasteiger partial charge in [-0.2, -0.15) is 13.2 Å². The van der Waals surface area contributed by atoms with E-state index in [-0.39, 0.29) is 5.56 Å². The second-order valence-corrected chi connectivity index (χ2v) is 8.27. The lowest BCUT2D eigenvalue weighted by atomic mass is 10.0. The summed E-state index contributed by atoms with van der Waals surface area (Å²) in [7, 11) is 0. The predicted molar refractivity (Wildman–Crippen MR) is 102 cm³/mol. The number of rotatable bonds is 2. The van der Waals surface area contributed by atoms with Crippen LogP contribution >= 0.6 is 11.3 Å².